The maximum Gasteiger partial charge on any atom is 0.125 e. The van der Waals surface area contributed by atoms with Crippen LogP contribution in [0.3, 0.4) is 0 Å². The lowest BCUT2D eigenvalue weighted by Gasteiger charge is -2.12. The molecule has 1 aromatic heterocycles. The van der Waals surface area contributed by atoms with Gasteiger partial charge in [0, 0.05) is 22.6 Å². The summed E-state index contributed by atoms with van der Waals surface area (Å²) in [6.07, 6.45) is 3.59. The van der Waals surface area contributed by atoms with E-state index in [-0.39, 0.29) is 0 Å². The molecule has 0 bridgehead atoms. The molecule has 0 aliphatic heterocycles. The Hall–Kier alpha value is -1.29. The topological polar surface area (TPSA) is 40.7 Å². The van der Waals surface area contributed by atoms with Gasteiger partial charge in [-0.05, 0) is 37.1 Å². The fraction of sp³-hybridized carbons (Fsp3) is 0.250. The van der Waals surface area contributed by atoms with Gasteiger partial charge in [0.2, 0.25) is 0 Å². The molecule has 84 valence electrons. The standard InChI is InChI=1S/C12H14BrN3/c1-8-5-10(13)6-9(2)12(8)16-7-11-14-3-4-15-11/h3-6,16H,7H2,1-2H3,(H,14,15). The lowest BCUT2D eigenvalue weighted by molar-refractivity contribution is 0.994. The van der Waals surface area contributed by atoms with Crippen LogP contribution in [0.4, 0.5) is 5.69 Å². The van der Waals surface area contributed by atoms with Crippen LogP contribution in [0.15, 0.2) is 29.0 Å². The molecule has 0 saturated heterocycles. The first kappa shape index (κ1) is 11.2. The van der Waals surface area contributed by atoms with Crippen molar-refractivity contribution in [2.24, 2.45) is 0 Å². The Kier molecular flexibility index (Phi) is 3.29. The molecule has 0 amide bonds. The third-order valence-electron chi connectivity index (χ3n) is 2.48. The van der Waals surface area contributed by atoms with Gasteiger partial charge in [-0.1, -0.05) is 15.9 Å². The van der Waals surface area contributed by atoms with Crippen molar-refractivity contribution < 1.29 is 0 Å². The molecule has 0 aliphatic carbocycles. The predicted octanol–water partition coefficient (Wildman–Crippen LogP) is 3.40. The second-order valence-corrected chi connectivity index (χ2v) is 4.72. The van der Waals surface area contributed by atoms with E-state index in [0.29, 0.717) is 0 Å². The van der Waals surface area contributed by atoms with Crippen LogP contribution in [0.2, 0.25) is 0 Å². The molecule has 2 rings (SSSR count). The lowest BCUT2D eigenvalue weighted by atomic mass is 10.1. The van der Waals surface area contributed by atoms with Gasteiger partial charge in [0.15, 0.2) is 0 Å². The van der Waals surface area contributed by atoms with Gasteiger partial charge >= 0.3 is 0 Å². The second-order valence-electron chi connectivity index (χ2n) is 3.80. The third-order valence-corrected chi connectivity index (χ3v) is 2.94. The maximum absolute atomic E-state index is 4.18. The fourth-order valence-corrected chi connectivity index (χ4v) is 2.44. The smallest absolute Gasteiger partial charge is 0.125 e. The summed E-state index contributed by atoms with van der Waals surface area (Å²) < 4.78 is 1.12. The van der Waals surface area contributed by atoms with Crippen molar-refractivity contribution >= 4 is 21.6 Å². The Bertz CT molecular complexity index is 454. The molecule has 2 aromatic rings. The van der Waals surface area contributed by atoms with E-state index in [0.717, 1.165) is 16.8 Å². The van der Waals surface area contributed by atoms with E-state index in [4.69, 9.17) is 0 Å². The molecule has 4 heteroatoms. The molecule has 1 aromatic carbocycles. The Labute approximate surface area is 103 Å². The highest BCUT2D eigenvalue weighted by Gasteiger charge is 2.04. The van der Waals surface area contributed by atoms with Crippen LogP contribution in [-0.2, 0) is 6.54 Å². The highest BCUT2D eigenvalue weighted by atomic mass is 79.9. The molecule has 2 N–H and O–H groups in total. The molecule has 0 radical (unpaired) electrons. The van der Waals surface area contributed by atoms with Gasteiger partial charge in [-0.25, -0.2) is 4.98 Å². The average molecular weight is 280 g/mol. The zero-order valence-corrected chi connectivity index (χ0v) is 10.9. The van der Waals surface area contributed by atoms with E-state index >= 15 is 0 Å². The van der Waals surface area contributed by atoms with Gasteiger partial charge in [0.05, 0.1) is 6.54 Å². The van der Waals surface area contributed by atoms with Gasteiger partial charge in [-0.15, -0.1) is 0 Å². The summed E-state index contributed by atoms with van der Waals surface area (Å²) in [6.45, 7) is 4.92. The predicted molar refractivity (Wildman–Crippen MR) is 69.5 cm³/mol. The van der Waals surface area contributed by atoms with Gasteiger partial charge in [0.25, 0.3) is 0 Å². The SMILES string of the molecule is Cc1cc(Br)cc(C)c1NCc1ncc[nH]1. The number of aromatic amines is 1. The van der Waals surface area contributed by atoms with Crippen molar-refractivity contribution in [2.75, 3.05) is 5.32 Å². The van der Waals surface area contributed by atoms with Gasteiger partial charge in [0.1, 0.15) is 5.82 Å². The number of H-pyrrole nitrogens is 1. The molecule has 0 aliphatic rings. The molecule has 0 saturated carbocycles. The van der Waals surface area contributed by atoms with E-state index in [1.807, 2.05) is 6.20 Å². The number of hydrogen-bond acceptors (Lipinski definition) is 2. The van der Waals surface area contributed by atoms with Crippen LogP contribution < -0.4 is 5.32 Å². The normalized spacial score (nSPS) is 10.4. The van der Waals surface area contributed by atoms with Crippen LogP contribution in [0.5, 0.6) is 0 Å². The van der Waals surface area contributed by atoms with E-state index < -0.39 is 0 Å². The Morgan fingerprint density at radius 1 is 1.31 bits per heavy atom. The first-order valence-corrected chi connectivity index (χ1v) is 5.95. The minimum absolute atomic E-state index is 0.719. The Morgan fingerprint density at radius 3 is 2.56 bits per heavy atom. The van der Waals surface area contributed by atoms with E-state index in [1.54, 1.807) is 6.20 Å². The molecule has 16 heavy (non-hydrogen) atoms. The summed E-state index contributed by atoms with van der Waals surface area (Å²) in [7, 11) is 0. The fourth-order valence-electron chi connectivity index (χ4n) is 1.76. The number of benzene rings is 1. The number of halogens is 1. The lowest BCUT2D eigenvalue weighted by Crippen LogP contribution is -2.04. The number of hydrogen-bond donors (Lipinski definition) is 2. The summed E-state index contributed by atoms with van der Waals surface area (Å²) in [5.41, 5.74) is 3.65. The average Bonchev–Trinajstić information content (AvgIpc) is 2.68. The van der Waals surface area contributed by atoms with Crippen molar-refractivity contribution in [3.8, 4) is 0 Å². The summed E-state index contributed by atoms with van der Waals surface area (Å²) in [4.78, 5) is 7.26. The van der Waals surface area contributed by atoms with Gasteiger partial charge in [-0.2, -0.15) is 0 Å². The molecule has 0 fully saturated rings. The first-order valence-electron chi connectivity index (χ1n) is 5.15. The molecular formula is C12H14BrN3. The van der Waals surface area contributed by atoms with E-state index in [1.165, 1.54) is 16.8 Å². The molecule has 0 unspecified atom stereocenters. The van der Waals surface area contributed by atoms with Crippen molar-refractivity contribution in [1.29, 1.82) is 0 Å². The molecule has 0 spiro atoms. The van der Waals surface area contributed by atoms with Crippen LogP contribution >= 0.6 is 15.9 Å². The number of nitrogens with zero attached hydrogens (tertiary/aromatic N) is 1. The van der Waals surface area contributed by atoms with Crippen molar-refractivity contribution in [1.82, 2.24) is 9.97 Å². The summed E-state index contributed by atoms with van der Waals surface area (Å²) in [6, 6.07) is 4.22. The van der Waals surface area contributed by atoms with Crippen molar-refractivity contribution in [3.63, 3.8) is 0 Å². The highest BCUT2D eigenvalue weighted by molar-refractivity contribution is 9.10. The second kappa shape index (κ2) is 4.70. The van der Waals surface area contributed by atoms with Gasteiger partial charge in [-0.3, -0.25) is 0 Å². The van der Waals surface area contributed by atoms with E-state index in [2.05, 4.69) is 57.2 Å². The quantitative estimate of drug-likeness (QED) is 0.904. The monoisotopic (exact) mass is 279 g/mol. The van der Waals surface area contributed by atoms with Crippen LogP contribution in [0.1, 0.15) is 17.0 Å². The van der Waals surface area contributed by atoms with Crippen LogP contribution in [0, 0.1) is 13.8 Å². The number of nitrogens with one attached hydrogen (secondary N) is 2. The molecule has 1 heterocycles. The molecule has 0 atom stereocenters. The van der Waals surface area contributed by atoms with Crippen molar-refractivity contribution in [2.45, 2.75) is 20.4 Å². The Morgan fingerprint density at radius 2 is 2.00 bits per heavy atom. The highest BCUT2D eigenvalue weighted by Crippen LogP contribution is 2.25. The van der Waals surface area contributed by atoms with Crippen molar-refractivity contribution in [3.05, 3.63) is 46.0 Å². The zero-order valence-electron chi connectivity index (χ0n) is 9.34. The van der Waals surface area contributed by atoms with E-state index in [9.17, 15) is 0 Å². The number of aryl methyl sites for hydroxylation is 2. The minimum Gasteiger partial charge on any atom is -0.377 e. The largest absolute Gasteiger partial charge is 0.377 e. The first-order chi connectivity index (χ1) is 7.66. The summed E-state index contributed by atoms with van der Waals surface area (Å²) in [5, 5.41) is 3.40. The molecule has 3 nitrogen and oxygen atoms in total. The zero-order chi connectivity index (χ0) is 11.5. The van der Waals surface area contributed by atoms with Crippen LogP contribution in [-0.4, -0.2) is 9.97 Å². The summed E-state index contributed by atoms with van der Waals surface area (Å²) in [5.74, 6) is 0.946. The number of anilines is 1. The van der Waals surface area contributed by atoms with Crippen LogP contribution in [0.25, 0.3) is 0 Å². The number of imidazole rings is 1. The van der Waals surface area contributed by atoms with Gasteiger partial charge < -0.3 is 10.3 Å². The number of aromatic nitrogens is 2. The third kappa shape index (κ3) is 2.44. The molecular weight excluding hydrogens is 266 g/mol. The number of rotatable bonds is 3. The maximum atomic E-state index is 4.18. The Balaban J connectivity index is 2.15. The minimum atomic E-state index is 0.719. The summed E-state index contributed by atoms with van der Waals surface area (Å²) >= 11 is 3.49.